The number of imidazole rings is 1. The smallest absolute Gasteiger partial charge is 0.253 e. The summed E-state index contributed by atoms with van der Waals surface area (Å²) in [6.45, 7) is 8.46. The van der Waals surface area contributed by atoms with Crippen LogP contribution in [0.2, 0.25) is 0 Å². The molecule has 2 aromatic heterocycles. The predicted molar refractivity (Wildman–Crippen MR) is 102 cm³/mol. The van der Waals surface area contributed by atoms with Gasteiger partial charge in [0, 0.05) is 56.0 Å². The number of aromatic nitrogens is 3. The summed E-state index contributed by atoms with van der Waals surface area (Å²) in [6, 6.07) is 1.46. The topological polar surface area (TPSA) is 97.1 Å². The summed E-state index contributed by atoms with van der Waals surface area (Å²) in [6.07, 6.45) is 5.78. The Morgan fingerprint density at radius 1 is 1.33 bits per heavy atom. The first-order chi connectivity index (χ1) is 13.0. The molecule has 1 aliphatic rings. The molecule has 27 heavy (non-hydrogen) atoms. The second-order valence-electron chi connectivity index (χ2n) is 6.96. The van der Waals surface area contributed by atoms with Gasteiger partial charge in [0.25, 0.3) is 5.91 Å². The van der Waals surface area contributed by atoms with Crippen molar-refractivity contribution in [3.05, 3.63) is 41.7 Å². The van der Waals surface area contributed by atoms with Gasteiger partial charge in [-0.3, -0.25) is 14.5 Å². The zero-order valence-corrected chi connectivity index (χ0v) is 16.2. The molecule has 1 aliphatic heterocycles. The van der Waals surface area contributed by atoms with Crippen molar-refractivity contribution in [1.29, 1.82) is 0 Å². The fourth-order valence-electron chi connectivity index (χ4n) is 3.74. The van der Waals surface area contributed by atoms with E-state index >= 15 is 0 Å². The highest BCUT2D eigenvalue weighted by atomic mass is 16.2. The number of likely N-dealkylation sites (tertiary alicyclic amines) is 1. The van der Waals surface area contributed by atoms with Crippen molar-refractivity contribution < 1.29 is 9.59 Å². The van der Waals surface area contributed by atoms with E-state index in [0.717, 1.165) is 11.4 Å². The SMILES string of the molecule is CCN(CC)C(=O)[C@@H]1C[C@@H](NC(=O)c2cc[nH]c2C)CN1Cc1cnc[nH]1. The van der Waals surface area contributed by atoms with Crippen LogP contribution in [0.3, 0.4) is 0 Å². The Morgan fingerprint density at radius 2 is 2.11 bits per heavy atom. The van der Waals surface area contributed by atoms with Crippen LogP contribution in [-0.4, -0.2) is 68.3 Å². The van der Waals surface area contributed by atoms with Gasteiger partial charge in [-0.05, 0) is 33.3 Å². The van der Waals surface area contributed by atoms with E-state index in [0.29, 0.717) is 38.2 Å². The highest BCUT2D eigenvalue weighted by Crippen LogP contribution is 2.22. The molecule has 0 spiro atoms. The molecule has 8 heteroatoms. The minimum atomic E-state index is -0.245. The zero-order chi connectivity index (χ0) is 19.4. The zero-order valence-electron chi connectivity index (χ0n) is 16.2. The lowest BCUT2D eigenvalue weighted by molar-refractivity contribution is -0.135. The average Bonchev–Trinajstić information content (AvgIpc) is 3.38. The van der Waals surface area contributed by atoms with E-state index < -0.39 is 0 Å². The number of amides is 2. The number of nitrogens with one attached hydrogen (secondary N) is 3. The van der Waals surface area contributed by atoms with Gasteiger partial charge in [0.05, 0.1) is 17.9 Å². The third kappa shape index (κ3) is 4.21. The van der Waals surface area contributed by atoms with E-state index in [4.69, 9.17) is 0 Å². The number of rotatable bonds is 7. The minimum Gasteiger partial charge on any atom is -0.365 e. The molecule has 0 bridgehead atoms. The van der Waals surface area contributed by atoms with Crippen molar-refractivity contribution >= 4 is 11.8 Å². The molecule has 0 saturated carbocycles. The lowest BCUT2D eigenvalue weighted by Gasteiger charge is -2.28. The van der Waals surface area contributed by atoms with Crippen LogP contribution in [0.25, 0.3) is 0 Å². The highest BCUT2D eigenvalue weighted by molar-refractivity contribution is 5.95. The van der Waals surface area contributed by atoms with Gasteiger partial charge in [0.15, 0.2) is 0 Å². The number of nitrogens with zero attached hydrogens (tertiary/aromatic N) is 3. The Bertz CT molecular complexity index is 765. The van der Waals surface area contributed by atoms with Crippen molar-refractivity contribution in [3.8, 4) is 0 Å². The molecule has 0 unspecified atom stereocenters. The standard InChI is InChI=1S/C19H28N6O2/c1-4-24(5-2)19(27)17-8-14(10-25(17)11-15-9-20-12-22-15)23-18(26)16-6-7-21-13(16)3/h6-7,9,12,14,17,21H,4-5,8,10-11H2,1-3H3,(H,20,22)(H,23,26)/t14-,17+/m1/s1. The summed E-state index contributed by atoms with van der Waals surface area (Å²) in [5, 5.41) is 3.09. The molecule has 2 atom stereocenters. The van der Waals surface area contributed by atoms with Crippen LogP contribution < -0.4 is 5.32 Å². The van der Waals surface area contributed by atoms with Gasteiger partial charge in [-0.25, -0.2) is 4.98 Å². The van der Waals surface area contributed by atoms with Crippen molar-refractivity contribution in [2.24, 2.45) is 0 Å². The summed E-state index contributed by atoms with van der Waals surface area (Å²) < 4.78 is 0. The van der Waals surface area contributed by atoms with Crippen LogP contribution in [0.15, 0.2) is 24.8 Å². The maximum atomic E-state index is 13.0. The molecule has 3 heterocycles. The van der Waals surface area contributed by atoms with Crippen LogP contribution in [-0.2, 0) is 11.3 Å². The van der Waals surface area contributed by atoms with Crippen LogP contribution in [0, 0.1) is 6.92 Å². The number of likely N-dealkylation sites (N-methyl/N-ethyl adjacent to an activating group) is 1. The third-order valence-electron chi connectivity index (χ3n) is 5.23. The monoisotopic (exact) mass is 372 g/mol. The van der Waals surface area contributed by atoms with Gasteiger partial charge in [-0.2, -0.15) is 0 Å². The average molecular weight is 372 g/mol. The lowest BCUT2D eigenvalue weighted by atomic mass is 10.1. The van der Waals surface area contributed by atoms with Crippen LogP contribution in [0.4, 0.5) is 0 Å². The molecule has 1 saturated heterocycles. The van der Waals surface area contributed by atoms with Crippen LogP contribution in [0.1, 0.15) is 42.0 Å². The Balaban J connectivity index is 1.73. The molecular weight excluding hydrogens is 344 g/mol. The number of aryl methyl sites for hydroxylation is 1. The minimum absolute atomic E-state index is 0.0702. The largest absolute Gasteiger partial charge is 0.365 e. The summed E-state index contributed by atoms with van der Waals surface area (Å²) in [7, 11) is 0. The molecule has 2 amide bonds. The van der Waals surface area contributed by atoms with E-state index in [1.54, 1.807) is 24.8 Å². The van der Waals surface area contributed by atoms with Gasteiger partial charge in [0.2, 0.25) is 5.91 Å². The van der Waals surface area contributed by atoms with Crippen LogP contribution in [0.5, 0.6) is 0 Å². The van der Waals surface area contributed by atoms with E-state index in [-0.39, 0.29) is 23.9 Å². The molecular formula is C19H28N6O2. The van der Waals surface area contributed by atoms with Crippen molar-refractivity contribution in [3.63, 3.8) is 0 Å². The Morgan fingerprint density at radius 3 is 2.70 bits per heavy atom. The molecule has 0 aliphatic carbocycles. The maximum absolute atomic E-state index is 13.0. The summed E-state index contributed by atoms with van der Waals surface area (Å²) >= 11 is 0. The fourth-order valence-corrected chi connectivity index (χ4v) is 3.74. The number of H-pyrrole nitrogens is 2. The van der Waals surface area contributed by atoms with Crippen molar-refractivity contribution in [1.82, 2.24) is 30.1 Å². The molecule has 0 radical (unpaired) electrons. The number of aromatic amines is 2. The van der Waals surface area contributed by atoms with E-state index in [1.807, 2.05) is 25.7 Å². The Kier molecular flexibility index (Phi) is 5.95. The molecule has 3 rings (SSSR count). The van der Waals surface area contributed by atoms with Gasteiger partial charge < -0.3 is 20.2 Å². The Labute approximate surface area is 159 Å². The quantitative estimate of drug-likeness (QED) is 0.682. The fraction of sp³-hybridized carbons (Fsp3) is 0.526. The summed E-state index contributed by atoms with van der Waals surface area (Å²) in [4.78, 5) is 39.7. The first-order valence-electron chi connectivity index (χ1n) is 9.48. The number of hydrogen-bond donors (Lipinski definition) is 3. The summed E-state index contributed by atoms with van der Waals surface area (Å²) in [5.41, 5.74) is 2.45. The van der Waals surface area contributed by atoms with Gasteiger partial charge in [-0.1, -0.05) is 0 Å². The number of hydrogen-bond acceptors (Lipinski definition) is 4. The predicted octanol–water partition coefficient (Wildman–Crippen LogP) is 1.29. The second-order valence-corrected chi connectivity index (χ2v) is 6.96. The second kappa shape index (κ2) is 8.39. The number of carbonyl (C=O) groups is 2. The van der Waals surface area contributed by atoms with Gasteiger partial charge in [0.1, 0.15) is 0 Å². The number of carbonyl (C=O) groups excluding carboxylic acids is 2. The van der Waals surface area contributed by atoms with Crippen molar-refractivity contribution in [2.45, 2.75) is 45.8 Å². The first kappa shape index (κ1) is 19.2. The van der Waals surface area contributed by atoms with Crippen LogP contribution >= 0.6 is 0 Å². The van der Waals surface area contributed by atoms with E-state index in [1.165, 1.54) is 0 Å². The van der Waals surface area contributed by atoms with Gasteiger partial charge in [-0.15, -0.1) is 0 Å². The summed E-state index contributed by atoms with van der Waals surface area (Å²) in [5.74, 6) is 0.0188. The van der Waals surface area contributed by atoms with Gasteiger partial charge >= 0.3 is 0 Å². The molecule has 1 fully saturated rings. The van der Waals surface area contributed by atoms with E-state index in [2.05, 4.69) is 25.2 Å². The molecule has 3 N–H and O–H groups in total. The molecule has 8 nitrogen and oxygen atoms in total. The molecule has 0 aromatic carbocycles. The maximum Gasteiger partial charge on any atom is 0.253 e. The highest BCUT2D eigenvalue weighted by Gasteiger charge is 2.39. The molecule has 146 valence electrons. The van der Waals surface area contributed by atoms with E-state index in [9.17, 15) is 9.59 Å². The van der Waals surface area contributed by atoms with Crippen molar-refractivity contribution in [2.75, 3.05) is 19.6 Å². The lowest BCUT2D eigenvalue weighted by Crippen LogP contribution is -2.45. The normalized spacial score (nSPS) is 20.0. The Hall–Kier alpha value is -2.61. The molecule has 2 aromatic rings. The first-order valence-corrected chi connectivity index (χ1v) is 9.48. The third-order valence-corrected chi connectivity index (χ3v) is 5.23.